The zero-order valence-electron chi connectivity index (χ0n) is 13.6. The molecule has 0 aliphatic rings. The molecular weight excluding hydrogens is 312 g/mol. The Morgan fingerprint density at radius 1 is 1.26 bits per heavy atom. The van der Waals surface area contributed by atoms with Crippen LogP contribution in [-0.2, 0) is 6.42 Å². The zero-order chi connectivity index (χ0) is 16.7. The summed E-state index contributed by atoms with van der Waals surface area (Å²) in [4.78, 5) is 11.8. The molecule has 6 nitrogen and oxygen atoms in total. The van der Waals surface area contributed by atoms with Gasteiger partial charge in [0.25, 0.3) is 0 Å². The van der Waals surface area contributed by atoms with Gasteiger partial charge in [0.15, 0.2) is 0 Å². The summed E-state index contributed by atoms with van der Waals surface area (Å²) in [5.74, 6) is 0.881. The highest BCUT2D eigenvalue weighted by atomic mass is 32.1. The summed E-state index contributed by atoms with van der Waals surface area (Å²) in [5, 5.41) is 13.5. The predicted molar refractivity (Wildman–Crippen MR) is 92.1 cm³/mol. The monoisotopic (exact) mass is 334 g/mol. The maximum atomic E-state index is 11.8. The van der Waals surface area contributed by atoms with E-state index < -0.39 is 0 Å². The van der Waals surface area contributed by atoms with Gasteiger partial charge in [0.2, 0.25) is 5.13 Å². The topological polar surface area (TPSA) is 76.1 Å². The van der Waals surface area contributed by atoms with E-state index in [-0.39, 0.29) is 18.2 Å². The lowest BCUT2D eigenvalue weighted by Crippen LogP contribution is -2.36. The van der Waals surface area contributed by atoms with Crippen LogP contribution in [0.1, 0.15) is 32.8 Å². The van der Waals surface area contributed by atoms with Crippen LogP contribution < -0.4 is 15.4 Å². The minimum absolute atomic E-state index is 0.0644. The number of carbonyl (C=O) groups is 1. The van der Waals surface area contributed by atoms with Crippen molar-refractivity contribution in [2.75, 3.05) is 5.32 Å². The summed E-state index contributed by atoms with van der Waals surface area (Å²) in [6.07, 6.45) is 1.92. The largest absolute Gasteiger partial charge is 0.491 e. The predicted octanol–water partition coefficient (Wildman–Crippen LogP) is 3.47. The molecule has 1 aromatic carbocycles. The van der Waals surface area contributed by atoms with Crippen molar-refractivity contribution in [2.45, 2.75) is 45.8 Å². The van der Waals surface area contributed by atoms with Crippen LogP contribution in [0.4, 0.5) is 9.93 Å². The Morgan fingerprint density at radius 2 is 2.00 bits per heavy atom. The molecule has 7 heteroatoms. The summed E-state index contributed by atoms with van der Waals surface area (Å²) in [5.41, 5.74) is 2.80. The lowest BCUT2D eigenvalue weighted by molar-refractivity contribution is 0.242. The van der Waals surface area contributed by atoms with Crippen LogP contribution in [0.3, 0.4) is 0 Å². The SMILES string of the molecule is CC(C)Oc1ccc(CC[C@H](C)NC(=O)Nc2nncs2)cc1. The van der Waals surface area contributed by atoms with Crippen molar-refractivity contribution < 1.29 is 9.53 Å². The van der Waals surface area contributed by atoms with Crippen LogP contribution in [0.25, 0.3) is 0 Å². The number of hydrogen-bond acceptors (Lipinski definition) is 5. The Bertz CT molecular complexity index is 599. The van der Waals surface area contributed by atoms with E-state index in [4.69, 9.17) is 4.74 Å². The number of nitrogens with zero attached hydrogens (tertiary/aromatic N) is 2. The minimum atomic E-state index is -0.255. The van der Waals surface area contributed by atoms with Crippen LogP contribution in [0, 0.1) is 0 Å². The van der Waals surface area contributed by atoms with E-state index in [1.807, 2.05) is 32.9 Å². The van der Waals surface area contributed by atoms with E-state index in [9.17, 15) is 4.79 Å². The number of rotatable bonds is 7. The summed E-state index contributed by atoms with van der Waals surface area (Å²) in [6.45, 7) is 6.00. The molecule has 1 atom stereocenters. The van der Waals surface area contributed by atoms with E-state index in [0.29, 0.717) is 5.13 Å². The maximum Gasteiger partial charge on any atom is 0.321 e. The van der Waals surface area contributed by atoms with Crippen molar-refractivity contribution in [3.8, 4) is 5.75 Å². The van der Waals surface area contributed by atoms with Gasteiger partial charge >= 0.3 is 6.03 Å². The van der Waals surface area contributed by atoms with Gasteiger partial charge in [-0.1, -0.05) is 23.5 Å². The molecule has 1 heterocycles. The number of benzene rings is 1. The third-order valence-corrected chi connectivity index (χ3v) is 3.73. The maximum absolute atomic E-state index is 11.8. The lowest BCUT2D eigenvalue weighted by Gasteiger charge is -2.14. The molecule has 0 aliphatic heterocycles. The van der Waals surface area contributed by atoms with Gasteiger partial charge in [0.05, 0.1) is 6.10 Å². The number of aryl methyl sites for hydroxylation is 1. The molecule has 0 radical (unpaired) electrons. The second-order valence-corrected chi connectivity index (χ2v) is 6.43. The van der Waals surface area contributed by atoms with Crippen LogP contribution >= 0.6 is 11.3 Å². The van der Waals surface area contributed by atoms with E-state index in [2.05, 4.69) is 33.0 Å². The zero-order valence-corrected chi connectivity index (χ0v) is 14.4. The second-order valence-electron chi connectivity index (χ2n) is 5.59. The van der Waals surface area contributed by atoms with Crippen molar-refractivity contribution in [3.63, 3.8) is 0 Å². The molecule has 0 spiro atoms. The Morgan fingerprint density at radius 3 is 2.61 bits per heavy atom. The van der Waals surface area contributed by atoms with Crippen LogP contribution in [0.5, 0.6) is 5.75 Å². The average molecular weight is 334 g/mol. The first-order chi connectivity index (χ1) is 11.0. The molecule has 1 aromatic heterocycles. The van der Waals surface area contributed by atoms with E-state index in [0.717, 1.165) is 18.6 Å². The van der Waals surface area contributed by atoms with Gasteiger partial charge in [-0.25, -0.2) is 4.79 Å². The normalized spacial score (nSPS) is 12.0. The van der Waals surface area contributed by atoms with Crippen LogP contribution in [0.15, 0.2) is 29.8 Å². The van der Waals surface area contributed by atoms with Crippen LogP contribution in [-0.4, -0.2) is 28.4 Å². The van der Waals surface area contributed by atoms with Gasteiger partial charge in [0, 0.05) is 6.04 Å². The number of nitrogens with one attached hydrogen (secondary N) is 2. The van der Waals surface area contributed by atoms with Gasteiger partial charge in [-0.2, -0.15) is 0 Å². The number of amides is 2. The van der Waals surface area contributed by atoms with Gasteiger partial charge in [-0.3, -0.25) is 5.32 Å². The van der Waals surface area contributed by atoms with Crippen LogP contribution in [0.2, 0.25) is 0 Å². The molecule has 2 aromatic rings. The molecule has 0 saturated heterocycles. The first-order valence-electron chi connectivity index (χ1n) is 7.62. The van der Waals surface area contributed by atoms with Crippen molar-refractivity contribution in [2.24, 2.45) is 0 Å². The Balaban J connectivity index is 1.73. The molecule has 0 bridgehead atoms. The van der Waals surface area contributed by atoms with E-state index >= 15 is 0 Å². The van der Waals surface area contributed by atoms with Gasteiger partial charge < -0.3 is 10.1 Å². The molecule has 0 fully saturated rings. The molecule has 0 unspecified atom stereocenters. The molecule has 23 heavy (non-hydrogen) atoms. The average Bonchev–Trinajstić information content (AvgIpc) is 2.98. The summed E-state index contributed by atoms with van der Waals surface area (Å²) in [7, 11) is 0. The Hall–Kier alpha value is -2.15. The Kier molecular flexibility index (Phi) is 6.34. The number of ether oxygens (including phenoxy) is 1. The second kappa shape index (κ2) is 8.47. The highest BCUT2D eigenvalue weighted by Crippen LogP contribution is 2.15. The number of carbonyl (C=O) groups excluding carboxylic acids is 1. The molecule has 0 aliphatic carbocycles. The molecule has 124 valence electrons. The molecule has 2 rings (SSSR count). The van der Waals surface area contributed by atoms with Crippen molar-refractivity contribution in [3.05, 3.63) is 35.3 Å². The number of hydrogen-bond donors (Lipinski definition) is 2. The van der Waals surface area contributed by atoms with E-state index in [1.54, 1.807) is 5.51 Å². The lowest BCUT2D eigenvalue weighted by atomic mass is 10.1. The summed E-state index contributed by atoms with van der Waals surface area (Å²) >= 11 is 1.29. The number of aromatic nitrogens is 2. The van der Waals surface area contributed by atoms with Crippen molar-refractivity contribution in [1.29, 1.82) is 0 Å². The van der Waals surface area contributed by atoms with Gasteiger partial charge in [-0.05, 0) is 51.3 Å². The minimum Gasteiger partial charge on any atom is -0.491 e. The third-order valence-electron chi connectivity index (χ3n) is 3.12. The number of anilines is 1. The third kappa shape index (κ3) is 6.23. The quantitative estimate of drug-likeness (QED) is 0.813. The van der Waals surface area contributed by atoms with Gasteiger partial charge in [0.1, 0.15) is 11.3 Å². The molecule has 2 N–H and O–H groups in total. The first-order valence-corrected chi connectivity index (χ1v) is 8.50. The van der Waals surface area contributed by atoms with E-state index in [1.165, 1.54) is 16.9 Å². The van der Waals surface area contributed by atoms with Crippen molar-refractivity contribution in [1.82, 2.24) is 15.5 Å². The van der Waals surface area contributed by atoms with Gasteiger partial charge in [-0.15, -0.1) is 10.2 Å². The highest BCUT2D eigenvalue weighted by molar-refractivity contribution is 7.13. The highest BCUT2D eigenvalue weighted by Gasteiger charge is 2.09. The Labute approximate surface area is 140 Å². The molecular formula is C16H22N4O2S. The number of urea groups is 1. The fourth-order valence-corrected chi connectivity index (χ4v) is 2.49. The molecule has 2 amide bonds. The molecule has 0 saturated carbocycles. The first kappa shape index (κ1) is 17.2. The fraction of sp³-hybridized carbons (Fsp3) is 0.438. The summed E-state index contributed by atoms with van der Waals surface area (Å²) < 4.78 is 5.62. The standard InChI is InChI=1S/C16H22N4O2S/c1-11(2)22-14-8-6-13(7-9-14)5-4-12(3)18-15(21)19-16-20-17-10-23-16/h6-12H,4-5H2,1-3H3,(H2,18,19,20,21)/t12-/m0/s1. The summed E-state index contributed by atoms with van der Waals surface area (Å²) in [6, 6.07) is 7.90. The van der Waals surface area contributed by atoms with Crippen molar-refractivity contribution >= 4 is 22.5 Å². The smallest absolute Gasteiger partial charge is 0.321 e. The fourth-order valence-electron chi connectivity index (χ4n) is 2.05.